The molecule has 0 aromatic carbocycles. The van der Waals surface area contributed by atoms with Gasteiger partial charge in [-0.25, -0.2) is 9.97 Å². The number of pyridine rings is 1. The van der Waals surface area contributed by atoms with Crippen molar-refractivity contribution in [3.63, 3.8) is 0 Å². The number of hydrogen-bond donors (Lipinski definition) is 1. The first-order valence-corrected chi connectivity index (χ1v) is 9.81. The van der Waals surface area contributed by atoms with Crippen LogP contribution in [-0.4, -0.2) is 15.0 Å². The molecule has 0 aliphatic heterocycles. The molecule has 0 amide bonds. The summed E-state index contributed by atoms with van der Waals surface area (Å²) >= 11 is 3.39. The average Bonchev–Trinajstić information content (AvgIpc) is 3.25. The Bertz CT molecular complexity index is 1010. The van der Waals surface area contributed by atoms with Gasteiger partial charge in [-0.05, 0) is 49.4 Å². The Balaban J connectivity index is 1.83. The van der Waals surface area contributed by atoms with Gasteiger partial charge in [-0.1, -0.05) is 12.1 Å². The molecule has 4 aromatic heterocycles. The maximum atomic E-state index is 4.86. The molecule has 4 rings (SSSR count). The molecule has 0 fully saturated rings. The van der Waals surface area contributed by atoms with Gasteiger partial charge in [0.1, 0.15) is 10.6 Å². The molecule has 0 radical (unpaired) electrons. The predicted octanol–water partition coefficient (Wildman–Crippen LogP) is 5.60. The van der Waals surface area contributed by atoms with Crippen LogP contribution in [0.2, 0.25) is 0 Å². The average molecular weight is 367 g/mol. The molecule has 4 heterocycles. The van der Waals surface area contributed by atoms with Gasteiger partial charge in [0.15, 0.2) is 5.82 Å². The van der Waals surface area contributed by atoms with Gasteiger partial charge in [-0.2, -0.15) is 0 Å². The van der Waals surface area contributed by atoms with E-state index in [-0.39, 0.29) is 6.04 Å². The lowest BCUT2D eigenvalue weighted by Gasteiger charge is -2.16. The first-order valence-electron chi connectivity index (χ1n) is 8.11. The Hall–Kier alpha value is -2.31. The highest BCUT2D eigenvalue weighted by molar-refractivity contribution is 7.19. The molecule has 0 spiro atoms. The van der Waals surface area contributed by atoms with Gasteiger partial charge in [-0.15, -0.1) is 22.7 Å². The molecule has 4 nitrogen and oxygen atoms in total. The van der Waals surface area contributed by atoms with Gasteiger partial charge in [0.25, 0.3) is 0 Å². The fourth-order valence-corrected chi connectivity index (χ4v) is 4.48. The predicted molar refractivity (Wildman–Crippen MR) is 106 cm³/mol. The number of thiophene rings is 2. The van der Waals surface area contributed by atoms with Crippen LogP contribution < -0.4 is 5.32 Å². The highest BCUT2D eigenvalue weighted by Crippen LogP contribution is 2.36. The van der Waals surface area contributed by atoms with Crippen molar-refractivity contribution in [1.82, 2.24) is 15.0 Å². The molecule has 0 bridgehead atoms. The lowest BCUT2D eigenvalue weighted by Crippen LogP contribution is -2.09. The smallest absolute Gasteiger partial charge is 0.173 e. The van der Waals surface area contributed by atoms with Crippen molar-refractivity contribution in [3.8, 4) is 10.7 Å². The molecule has 0 aliphatic carbocycles. The Labute approximate surface area is 154 Å². The van der Waals surface area contributed by atoms with Crippen LogP contribution in [0, 0.1) is 13.8 Å². The van der Waals surface area contributed by atoms with Crippen molar-refractivity contribution in [2.45, 2.75) is 26.8 Å². The summed E-state index contributed by atoms with van der Waals surface area (Å²) in [7, 11) is 0. The number of nitrogens with zero attached hydrogens (tertiary/aromatic N) is 3. The van der Waals surface area contributed by atoms with Gasteiger partial charge in [0, 0.05) is 17.3 Å². The van der Waals surface area contributed by atoms with Crippen LogP contribution in [0.5, 0.6) is 0 Å². The van der Waals surface area contributed by atoms with Crippen LogP contribution in [-0.2, 0) is 0 Å². The summed E-state index contributed by atoms with van der Waals surface area (Å²) in [5.74, 6) is 1.68. The lowest BCUT2D eigenvalue weighted by atomic mass is 10.1. The summed E-state index contributed by atoms with van der Waals surface area (Å²) in [4.78, 5) is 17.3. The molecule has 4 aromatic rings. The quantitative estimate of drug-likeness (QED) is 0.510. The summed E-state index contributed by atoms with van der Waals surface area (Å²) in [5, 5.41) is 6.76. The van der Waals surface area contributed by atoms with Crippen molar-refractivity contribution in [2.24, 2.45) is 0 Å². The maximum Gasteiger partial charge on any atom is 0.173 e. The second kappa shape index (κ2) is 6.54. The van der Waals surface area contributed by atoms with E-state index in [9.17, 15) is 0 Å². The van der Waals surface area contributed by atoms with Crippen LogP contribution in [0.3, 0.4) is 0 Å². The van der Waals surface area contributed by atoms with E-state index in [2.05, 4.69) is 48.6 Å². The van der Waals surface area contributed by atoms with Crippen LogP contribution in [0.4, 0.5) is 5.82 Å². The van der Waals surface area contributed by atoms with Gasteiger partial charge in [0.05, 0.1) is 16.3 Å². The van der Waals surface area contributed by atoms with Crippen molar-refractivity contribution in [1.29, 1.82) is 0 Å². The number of aromatic nitrogens is 3. The zero-order valence-corrected chi connectivity index (χ0v) is 15.9. The minimum Gasteiger partial charge on any atom is -0.363 e. The molecule has 126 valence electrons. The largest absolute Gasteiger partial charge is 0.363 e. The topological polar surface area (TPSA) is 50.7 Å². The minimum absolute atomic E-state index is 0.114. The van der Waals surface area contributed by atoms with Crippen LogP contribution >= 0.6 is 22.7 Å². The highest BCUT2D eigenvalue weighted by atomic mass is 32.1. The molecule has 0 saturated heterocycles. The number of nitrogens with one attached hydrogen (secondary N) is 1. The first kappa shape index (κ1) is 16.2. The molecule has 0 saturated carbocycles. The first-order chi connectivity index (χ1) is 12.1. The zero-order valence-electron chi connectivity index (χ0n) is 14.3. The third-order valence-electron chi connectivity index (χ3n) is 4.31. The van der Waals surface area contributed by atoms with E-state index in [1.165, 1.54) is 10.4 Å². The Morgan fingerprint density at radius 3 is 2.72 bits per heavy atom. The minimum atomic E-state index is 0.114. The summed E-state index contributed by atoms with van der Waals surface area (Å²) in [6.07, 6.45) is 3.68. The molecule has 6 heteroatoms. The Morgan fingerprint density at radius 2 is 2.00 bits per heavy atom. The van der Waals surface area contributed by atoms with Crippen molar-refractivity contribution < 1.29 is 0 Å². The van der Waals surface area contributed by atoms with E-state index in [1.54, 1.807) is 28.9 Å². The van der Waals surface area contributed by atoms with E-state index in [4.69, 9.17) is 9.97 Å². The van der Waals surface area contributed by atoms with Crippen molar-refractivity contribution >= 4 is 38.7 Å². The van der Waals surface area contributed by atoms with Crippen LogP contribution in [0.15, 0.2) is 42.0 Å². The number of anilines is 1. The summed E-state index contributed by atoms with van der Waals surface area (Å²) < 4.78 is 0. The number of rotatable bonds is 4. The Kier molecular flexibility index (Phi) is 4.23. The molecular weight excluding hydrogens is 348 g/mol. The van der Waals surface area contributed by atoms with Gasteiger partial charge in [-0.3, -0.25) is 4.98 Å². The Morgan fingerprint density at radius 1 is 1.12 bits per heavy atom. The zero-order chi connectivity index (χ0) is 17.4. The SMILES string of the molecule is Cc1sc2nc(-c3cccs3)nc(N[C@@H](C)c3cccnc3)c2c1C. The molecule has 0 aliphatic rings. The van der Waals surface area contributed by atoms with E-state index >= 15 is 0 Å². The van der Waals surface area contributed by atoms with Crippen LogP contribution in [0.1, 0.15) is 29.0 Å². The summed E-state index contributed by atoms with van der Waals surface area (Å²) in [6, 6.07) is 8.24. The lowest BCUT2D eigenvalue weighted by molar-refractivity contribution is 0.868. The van der Waals surface area contributed by atoms with E-state index < -0.39 is 0 Å². The van der Waals surface area contributed by atoms with Crippen molar-refractivity contribution in [2.75, 3.05) is 5.32 Å². The summed E-state index contributed by atoms with van der Waals surface area (Å²) in [6.45, 7) is 6.41. The maximum absolute atomic E-state index is 4.86. The second-order valence-electron chi connectivity index (χ2n) is 5.99. The number of aryl methyl sites for hydroxylation is 2. The third-order valence-corrected chi connectivity index (χ3v) is 6.27. The normalized spacial score (nSPS) is 12.4. The standard InChI is InChI=1S/C19H18N4S2/c1-11-13(3)25-19-16(11)18(21-12(2)14-6-4-8-20-10-14)22-17(23-19)15-7-5-9-24-15/h4-10,12H,1-3H3,(H,21,22,23)/t12-/m0/s1. The monoisotopic (exact) mass is 366 g/mol. The van der Waals surface area contributed by atoms with Crippen molar-refractivity contribution in [3.05, 3.63) is 58.0 Å². The molecule has 25 heavy (non-hydrogen) atoms. The molecule has 1 N–H and O–H groups in total. The van der Waals surface area contributed by atoms with Gasteiger partial charge >= 0.3 is 0 Å². The van der Waals surface area contributed by atoms with E-state index in [1.807, 2.05) is 18.3 Å². The fraction of sp³-hybridized carbons (Fsp3) is 0.211. The molecule has 0 unspecified atom stereocenters. The van der Waals surface area contributed by atoms with E-state index in [0.717, 1.165) is 32.3 Å². The third kappa shape index (κ3) is 3.03. The molecular formula is C19H18N4S2. The van der Waals surface area contributed by atoms with E-state index in [0.29, 0.717) is 0 Å². The van der Waals surface area contributed by atoms with Gasteiger partial charge < -0.3 is 5.32 Å². The second-order valence-corrected chi connectivity index (χ2v) is 8.14. The highest BCUT2D eigenvalue weighted by Gasteiger charge is 2.17. The van der Waals surface area contributed by atoms with Gasteiger partial charge in [0.2, 0.25) is 0 Å². The fourth-order valence-electron chi connectivity index (χ4n) is 2.79. The summed E-state index contributed by atoms with van der Waals surface area (Å²) in [5.41, 5.74) is 2.38. The molecule has 1 atom stereocenters. The number of hydrogen-bond acceptors (Lipinski definition) is 6. The number of fused-ring (bicyclic) bond motifs is 1. The van der Waals surface area contributed by atoms with Crippen LogP contribution in [0.25, 0.3) is 20.9 Å².